The molecule has 19 heavy (non-hydrogen) atoms. The molecule has 1 aliphatic rings. The summed E-state index contributed by atoms with van der Waals surface area (Å²) in [6.07, 6.45) is 2.12. The number of nitrogens with one attached hydrogen (secondary N) is 1. The van der Waals surface area contributed by atoms with Gasteiger partial charge in [0.25, 0.3) is 0 Å². The van der Waals surface area contributed by atoms with Crippen LogP contribution in [0.15, 0.2) is 24.3 Å². The lowest BCUT2D eigenvalue weighted by Gasteiger charge is -2.29. The Bertz CT molecular complexity index is 417. The van der Waals surface area contributed by atoms with Gasteiger partial charge < -0.3 is 10.1 Å². The molecular formula is C16H24FNO. The van der Waals surface area contributed by atoms with Gasteiger partial charge in [0.15, 0.2) is 0 Å². The summed E-state index contributed by atoms with van der Waals surface area (Å²) in [6.45, 7) is 8.23. The minimum absolute atomic E-state index is 0.0734. The lowest BCUT2D eigenvalue weighted by Crippen LogP contribution is -2.37. The fourth-order valence-electron chi connectivity index (χ4n) is 2.72. The number of benzene rings is 1. The Balaban J connectivity index is 2.19. The summed E-state index contributed by atoms with van der Waals surface area (Å²) in [5.41, 5.74) is 1.12. The van der Waals surface area contributed by atoms with E-state index in [9.17, 15) is 4.39 Å². The SMILES string of the molecule is CCC1(CC)CNC(C)C(c2cccc(F)c2)OC1. The van der Waals surface area contributed by atoms with Crippen molar-refractivity contribution in [3.8, 4) is 0 Å². The van der Waals surface area contributed by atoms with E-state index >= 15 is 0 Å². The Morgan fingerprint density at radius 2 is 2.11 bits per heavy atom. The second-order valence-electron chi connectivity index (χ2n) is 5.66. The van der Waals surface area contributed by atoms with Crippen molar-refractivity contribution in [2.24, 2.45) is 5.41 Å². The standard InChI is InChI=1S/C16H24FNO/c1-4-16(5-2)10-18-12(3)15(19-11-16)13-7-6-8-14(17)9-13/h6-9,12,15,18H,4-5,10-11H2,1-3H3. The summed E-state index contributed by atoms with van der Waals surface area (Å²) >= 11 is 0. The lowest BCUT2D eigenvalue weighted by molar-refractivity contribution is -0.000668. The first kappa shape index (κ1) is 14.5. The molecule has 2 rings (SSSR count). The van der Waals surface area contributed by atoms with Crippen LogP contribution in [0.25, 0.3) is 0 Å². The van der Waals surface area contributed by atoms with Crippen molar-refractivity contribution in [2.45, 2.75) is 45.8 Å². The molecule has 1 aliphatic heterocycles. The zero-order valence-electron chi connectivity index (χ0n) is 12.1. The van der Waals surface area contributed by atoms with E-state index in [0.29, 0.717) is 0 Å². The van der Waals surface area contributed by atoms with E-state index in [1.54, 1.807) is 12.1 Å². The molecule has 1 heterocycles. The third-order valence-electron chi connectivity index (χ3n) is 4.50. The zero-order chi connectivity index (χ0) is 13.9. The molecule has 0 saturated carbocycles. The molecular weight excluding hydrogens is 241 g/mol. The van der Waals surface area contributed by atoms with Crippen molar-refractivity contribution < 1.29 is 9.13 Å². The van der Waals surface area contributed by atoms with Gasteiger partial charge in [0.2, 0.25) is 0 Å². The molecule has 0 amide bonds. The minimum Gasteiger partial charge on any atom is -0.371 e. The number of rotatable bonds is 3. The lowest BCUT2D eigenvalue weighted by atomic mass is 9.83. The molecule has 0 radical (unpaired) electrons. The Hall–Kier alpha value is -0.930. The average Bonchev–Trinajstić information content (AvgIpc) is 2.59. The van der Waals surface area contributed by atoms with Crippen LogP contribution in [0.3, 0.4) is 0 Å². The van der Waals surface area contributed by atoms with E-state index in [-0.39, 0.29) is 23.4 Å². The topological polar surface area (TPSA) is 21.3 Å². The molecule has 0 bridgehead atoms. The van der Waals surface area contributed by atoms with Gasteiger partial charge in [0.1, 0.15) is 5.82 Å². The third-order valence-corrected chi connectivity index (χ3v) is 4.50. The molecule has 3 heteroatoms. The van der Waals surface area contributed by atoms with Crippen molar-refractivity contribution in [2.75, 3.05) is 13.2 Å². The van der Waals surface area contributed by atoms with Gasteiger partial charge in [-0.2, -0.15) is 0 Å². The zero-order valence-corrected chi connectivity index (χ0v) is 12.1. The van der Waals surface area contributed by atoms with Crippen LogP contribution in [0.5, 0.6) is 0 Å². The minimum atomic E-state index is -0.199. The average molecular weight is 265 g/mol. The van der Waals surface area contributed by atoms with Crippen LogP contribution >= 0.6 is 0 Å². The largest absolute Gasteiger partial charge is 0.371 e. The Morgan fingerprint density at radius 3 is 2.74 bits per heavy atom. The molecule has 106 valence electrons. The molecule has 0 spiro atoms. The summed E-state index contributed by atoms with van der Waals surface area (Å²) in [5.74, 6) is -0.199. The van der Waals surface area contributed by atoms with E-state index in [4.69, 9.17) is 4.74 Å². The van der Waals surface area contributed by atoms with Gasteiger partial charge in [0.05, 0.1) is 12.7 Å². The number of hydrogen-bond donors (Lipinski definition) is 1. The van der Waals surface area contributed by atoms with Gasteiger partial charge in [-0.1, -0.05) is 26.0 Å². The highest BCUT2D eigenvalue weighted by Crippen LogP contribution is 2.33. The van der Waals surface area contributed by atoms with Crippen LogP contribution < -0.4 is 5.32 Å². The molecule has 1 aromatic carbocycles. The van der Waals surface area contributed by atoms with Crippen molar-refractivity contribution in [1.29, 1.82) is 0 Å². The van der Waals surface area contributed by atoms with Crippen molar-refractivity contribution in [3.05, 3.63) is 35.6 Å². The van der Waals surface area contributed by atoms with Gasteiger partial charge in [-0.15, -0.1) is 0 Å². The molecule has 0 aliphatic carbocycles. The van der Waals surface area contributed by atoms with E-state index in [0.717, 1.165) is 31.6 Å². The Kier molecular flexibility index (Phi) is 4.58. The first-order valence-electron chi connectivity index (χ1n) is 7.20. The smallest absolute Gasteiger partial charge is 0.123 e. The van der Waals surface area contributed by atoms with Crippen LogP contribution in [0, 0.1) is 11.2 Å². The molecule has 1 saturated heterocycles. The maximum Gasteiger partial charge on any atom is 0.123 e. The number of ether oxygens (including phenoxy) is 1. The summed E-state index contributed by atoms with van der Waals surface area (Å²) in [5, 5.41) is 3.56. The summed E-state index contributed by atoms with van der Waals surface area (Å²) in [6, 6.07) is 6.94. The van der Waals surface area contributed by atoms with Gasteiger partial charge in [-0.05, 0) is 37.5 Å². The van der Waals surface area contributed by atoms with Crippen molar-refractivity contribution in [3.63, 3.8) is 0 Å². The summed E-state index contributed by atoms with van der Waals surface area (Å²) in [4.78, 5) is 0. The second kappa shape index (κ2) is 6.02. The third kappa shape index (κ3) is 3.15. The van der Waals surface area contributed by atoms with Crippen LogP contribution in [0.4, 0.5) is 4.39 Å². The molecule has 1 N–H and O–H groups in total. The van der Waals surface area contributed by atoms with E-state index in [1.807, 2.05) is 6.07 Å². The highest BCUT2D eigenvalue weighted by Gasteiger charge is 2.34. The van der Waals surface area contributed by atoms with Crippen LogP contribution in [0.1, 0.15) is 45.3 Å². The molecule has 0 aromatic heterocycles. The number of halogens is 1. The molecule has 1 fully saturated rings. The van der Waals surface area contributed by atoms with Gasteiger partial charge >= 0.3 is 0 Å². The fourth-order valence-corrected chi connectivity index (χ4v) is 2.72. The van der Waals surface area contributed by atoms with E-state index in [1.165, 1.54) is 6.07 Å². The normalized spacial score (nSPS) is 26.9. The predicted molar refractivity (Wildman–Crippen MR) is 75.6 cm³/mol. The monoisotopic (exact) mass is 265 g/mol. The van der Waals surface area contributed by atoms with Crippen molar-refractivity contribution in [1.82, 2.24) is 5.32 Å². The van der Waals surface area contributed by atoms with Gasteiger partial charge in [-0.25, -0.2) is 4.39 Å². The van der Waals surface area contributed by atoms with Crippen LogP contribution in [-0.4, -0.2) is 19.2 Å². The maximum atomic E-state index is 13.4. The van der Waals surface area contributed by atoms with Gasteiger partial charge in [-0.3, -0.25) is 0 Å². The molecule has 2 unspecified atom stereocenters. The second-order valence-corrected chi connectivity index (χ2v) is 5.66. The quantitative estimate of drug-likeness (QED) is 0.900. The van der Waals surface area contributed by atoms with Gasteiger partial charge in [0, 0.05) is 18.0 Å². The highest BCUT2D eigenvalue weighted by molar-refractivity contribution is 5.20. The van der Waals surface area contributed by atoms with Crippen LogP contribution in [-0.2, 0) is 4.74 Å². The van der Waals surface area contributed by atoms with Crippen LogP contribution in [0.2, 0.25) is 0 Å². The summed E-state index contributed by atoms with van der Waals surface area (Å²) < 4.78 is 19.5. The highest BCUT2D eigenvalue weighted by atomic mass is 19.1. The first-order chi connectivity index (χ1) is 9.10. The fraction of sp³-hybridized carbons (Fsp3) is 0.625. The molecule has 2 atom stereocenters. The van der Waals surface area contributed by atoms with E-state index < -0.39 is 0 Å². The Morgan fingerprint density at radius 1 is 1.37 bits per heavy atom. The number of hydrogen-bond acceptors (Lipinski definition) is 2. The molecule has 1 aromatic rings. The van der Waals surface area contributed by atoms with E-state index in [2.05, 4.69) is 26.1 Å². The van der Waals surface area contributed by atoms with Crippen molar-refractivity contribution >= 4 is 0 Å². The predicted octanol–water partition coefficient (Wildman–Crippen LogP) is 3.68. The summed E-state index contributed by atoms with van der Waals surface area (Å²) in [7, 11) is 0. The maximum absolute atomic E-state index is 13.4. The molecule has 2 nitrogen and oxygen atoms in total. The first-order valence-corrected chi connectivity index (χ1v) is 7.20. The Labute approximate surface area is 115 Å².